The van der Waals surface area contributed by atoms with E-state index in [9.17, 15) is 12.8 Å². The number of nitrogens with one attached hydrogen (secondary N) is 1. The van der Waals surface area contributed by atoms with Crippen molar-refractivity contribution in [2.75, 3.05) is 12.8 Å². The summed E-state index contributed by atoms with van der Waals surface area (Å²) in [6.07, 6.45) is 0.713. The zero-order valence-electron chi connectivity index (χ0n) is 9.40. The van der Waals surface area contributed by atoms with E-state index in [2.05, 4.69) is 5.32 Å². The summed E-state index contributed by atoms with van der Waals surface area (Å²) >= 11 is 0. The highest BCUT2D eigenvalue weighted by Crippen LogP contribution is 2.14. The largest absolute Gasteiger partial charge is 0.316 e. The Morgan fingerprint density at radius 3 is 2.62 bits per heavy atom. The monoisotopic (exact) mass is 245 g/mol. The average Bonchev–Trinajstić information content (AvgIpc) is 2.26. The summed E-state index contributed by atoms with van der Waals surface area (Å²) in [4.78, 5) is 0.0428. The highest BCUT2D eigenvalue weighted by Gasteiger charge is 2.19. The molecule has 90 valence electrons. The van der Waals surface area contributed by atoms with E-state index in [1.54, 1.807) is 7.05 Å². The molecule has 1 atom stereocenters. The molecule has 1 unspecified atom stereocenters. The van der Waals surface area contributed by atoms with Gasteiger partial charge >= 0.3 is 0 Å². The van der Waals surface area contributed by atoms with Crippen molar-refractivity contribution in [1.29, 1.82) is 0 Å². The first kappa shape index (κ1) is 13.1. The second kappa shape index (κ2) is 5.41. The third-order valence-corrected chi connectivity index (χ3v) is 4.29. The van der Waals surface area contributed by atoms with Crippen LogP contribution in [0.2, 0.25) is 0 Å². The fraction of sp³-hybridized carbons (Fsp3) is 0.455. The fourth-order valence-electron chi connectivity index (χ4n) is 1.43. The lowest BCUT2D eigenvalue weighted by Crippen LogP contribution is -2.32. The molecule has 1 N–H and O–H groups in total. The van der Waals surface area contributed by atoms with E-state index < -0.39 is 15.7 Å². The van der Waals surface area contributed by atoms with Gasteiger partial charge < -0.3 is 5.32 Å². The molecular formula is C11H16FNO2S. The predicted molar refractivity (Wildman–Crippen MR) is 61.6 cm³/mol. The minimum Gasteiger partial charge on any atom is -0.316 e. The molecule has 0 aliphatic rings. The number of hydrogen-bond donors (Lipinski definition) is 1. The molecule has 16 heavy (non-hydrogen) atoms. The Labute approximate surface area is 95.6 Å². The van der Waals surface area contributed by atoms with E-state index >= 15 is 0 Å². The Balaban J connectivity index is 2.94. The topological polar surface area (TPSA) is 46.2 Å². The quantitative estimate of drug-likeness (QED) is 0.857. The van der Waals surface area contributed by atoms with Crippen LogP contribution in [-0.2, 0) is 9.84 Å². The molecule has 1 rings (SSSR count). The number of rotatable bonds is 5. The van der Waals surface area contributed by atoms with Crippen molar-refractivity contribution < 1.29 is 12.8 Å². The van der Waals surface area contributed by atoms with Crippen LogP contribution >= 0.6 is 0 Å². The number of halogens is 1. The van der Waals surface area contributed by atoms with Gasteiger partial charge in [-0.1, -0.05) is 13.0 Å². The second-order valence-corrected chi connectivity index (χ2v) is 5.67. The van der Waals surface area contributed by atoms with E-state index in [4.69, 9.17) is 0 Å². The number of hydrogen-bond acceptors (Lipinski definition) is 3. The van der Waals surface area contributed by atoms with Gasteiger partial charge in [0.25, 0.3) is 0 Å². The van der Waals surface area contributed by atoms with Crippen LogP contribution in [-0.4, -0.2) is 27.3 Å². The van der Waals surface area contributed by atoms with Crippen LogP contribution in [0.4, 0.5) is 4.39 Å². The minimum atomic E-state index is -3.41. The summed E-state index contributed by atoms with van der Waals surface area (Å²) < 4.78 is 36.7. The molecule has 0 saturated carbocycles. The Bertz CT molecular complexity index is 441. The molecule has 0 aromatic heterocycles. The maximum Gasteiger partial charge on any atom is 0.180 e. The Morgan fingerprint density at radius 2 is 2.12 bits per heavy atom. The molecule has 0 aliphatic carbocycles. The van der Waals surface area contributed by atoms with Crippen molar-refractivity contribution in [2.45, 2.75) is 24.3 Å². The van der Waals surface area contributed by atoms with Gasteiger partial charge in [0, 0.05) is 6.04 Å². The zero-order chi connectivity index (χ0) is 12.2. The Kier molecular flexibility index (Phi) is 4.44. The standard InChI is InChI=1S/C11H16FNO2S/c1-3-10(13-2)8-16(14,15)11-6-4-5-9(12)7-11/h4-7,10,13H,3,8H2,1-2H3. The second-order valence-electron chi connectivity index (χ2n) is 3.63. The average molecular weight is 245 g/mol. The van der Waals surface area contributed by atoms with Crippen molar-refractivity contribution >= 4 is 9.84 Å². The summed E-state index contributed by atoms with van der Waals surface area (Å²) in [5.74, 6) is -0.540. The van der Waals surface area contributed by atoms with Crippen LogP contribution in [0.1, 0.15) is 13.3 Å². The van der Waals surface area contributed by atoms with Gasteiger partial charge in [-0.3, -0.25) is 0 Å². The SMILES string of the molecule is CCC(CS(=O)(=O)c1cccc(F)c1)NC. The molecule has 0 radical (unpaired) electrons. The van der Waals surface area contributed by atoms with Crippen molar-refractivity contribution in [3.63, 3.8) is 0 Å². The van der Waals surface area contributed by atoms with E-state index in [0.717, 1.165) is 6.07 Å². The lowest BCUT2D eigenvalue weighted by molar-refractivity contribution is 0.554. The van der Waals surface area contributed by atoms with Crippen LogP contribution < -0.4 is 5.32 Å². The van der Waals surface area contributed by atoms with E-state index in [1.165, 1.54) is 18.2 Å². The minimum absolute atomic E-state index is 0.0105. The molecule has 0 fully saturated rings. The maximum atomic E-state index is 12.9. The van der Waals surface area contributed by atoms with Crippen LogP contribution in [0.3, 0.4) is 0 Å². The van der Waals surface area contributed by atoms with Crippen molar-refractivity contribution in [3.8, 4) is 0 Å². The van der Waals surface area contributed by atoms with Crippen LogP contribution in [0, 0.1) is 5.82 Å². The Hall–Kier alpha value is -0.940. The van der Waals surface area contributed by atoms with Crippen LogP contribution in [0.5, 0.6) is 0 Å². The van der Waals surface area contributed by atoms with Gasteiger partial charge in [-0.2, -0.15) is 0 Å². The molecule has 0 spiro atoms. The number of benzene rings is 1. The highest BCUT2D eigenvalue weighted by atomic mass is 32.2. The number of sulfone groups is 1. The van der Waals surface area contributed by atoms with Gasteiger partial charge in [0.1, 0.15) is 5.82 Å². The lowest BCUT2D eigenvalue weighted by atomic mass is 10.3. The lowest BCUT2D eigenvalue weighted by Gasteiger charge is -2.13. The molecule has 0 saturated heterocycles. The van der Waals surface area contributed by atoms with Gasteiger partial charge in [0.15, 0.2) is 9.84 Å². The summed E-state index contributed by atoms with van der Waals surface area (Å²) in [5.41, 5.74) is 0. The van der Waals surface area contributed by atoms with Gasteiger partial charge in [-0.25, -0.2) is 12.8 Å². The van der Waals surface area contributed by atoms with Gasteiger partial charge in [-0.05, 0) is 31.7 Å². The third kappa shape index (κ3) is 3.28. The molecule has 0 aliphatic heterocycles. The van der Waals surface area contributed by atoms with Crippen molar-refractivity contribution in [2.24, 2.45) is 0 Å². The normalized spacial score (nSPS) is 13.7. The van der Waals surface area contributed by atoms with Gasteiger partial charge in [0.2, 0.25) is 0 Å². The molecule has 0 amide bonds. The molecule has 0 heterocycles. The molecule has 3 nitrogen and oxygen atoms in total. The van der Waals surface area contributed by atoms with E-state index in [-0.39, 0.29) is 16.7 Å². The third-order valence-electron chi connectivity index (χ3n) is 2.48. The summed E-state index contributed by atoms with van der Waals surface area (Å²) in [7, 11) is -1.69. The summed E-state index contributed by atoms with van der Waals surface area (Å²) in [5, 5.41) is 2.92. The smallest absolute Gasteiger partial charge is 0.180 e. The first-order valence-corrected chi connectivity index (χ1v) is 6.80. The molecule has 1 aromatic carbocycles. The van der Waals surface area contributed by atoms with Gasteiger partial charge in [0.05, 0.1) is 10.6 Å². The van der Waals surface area contributed by atoms with Crippen LogP contribution in [0.25, 0.3) is 0 Å². The summed E-state index contributed by atoms with van der Waals surface area (Å²) in [6.45, 7) is 1.91. The van der Waals surface area contributed by atoms with Crippen molar-refractivity contribution in [3.05, 3.63) is 30.1 Å². The van der Waals surface area contributed by atoms with Crippen molar-refractivity contribution in [1.82, 2.24) is 5.32 Å². The maximum absolute atomic E-state index is 12.9. The fourth-order valence-corrected chi connectivity index (χ4v) is 3.13. The molecule has 0 bridgehead atoms. The molecule has 5 heteroatoms. The summed E-state index contributed by atoms with van der Waals surface area (Å²) in [6, 6.07) is 5.00. The zero-order valence-corrected chi connectivity index (χ0v) is 10.2. The first-order chi connectivity index (χ1) is 7.49. The first-order valence-electron chi connectivity index (χ1n) is 5.15. The molecule has 1 aromatic rings. The Morgan fingerprint density at radius 1 is 1.44 bits per heavy atom. The highest BCUT2D eigenvalue weighted by molar-refractivity contribution is 7.91. The van der Waals surface area contributed by atoms with E-state index in [1.807, 2.05) is 6.92 Å². The van der Waals surface area contributed by atoms with Gasteiger partial charge in [-0.15, -0.1) is 0 Å². The molecular weight excluding hydrogens is 229 g/mol. The predicted octanol–water partition coefficient (Wildman–Crippen LogP) is 1.60. The van der Waals surface area contributed by atoms with E-state index in [0.29, 0.717) is 6.42 Å². The van der Waals surface area contributed by atoms with Crippen LogP contribution in [0.15, 0.2) is 29.2 Å².